The van der Waals surface area contributed by atoms with E-state index in [1.165, 1.54) is 0 Å². The third-order valence-electron chi connectivity index (χ3n) is 3.36. The first-order valence-electron chi connectivity index (χ1n) is 6.67. The summed E-state index contributed by atoms with van der Waals surface area (Å²) in [5.41, 5.74) is 0.874. The Morgan fingerprint density at radius 3 is 2.60 bits per heavy atom. The van der Waals surface area contributed by atoms with Crippen LogP contribution < -0.4 is 10.2 Å². The molecule has 3 N–H and O–H groups in total. The third-order valence-corrected chi connectivity index (χ3v) is 3.36. The largest absolute Gasteiger partial charge is 0.389 e. The number of hydrogen-bond acceptors (Lipinski definition) is 6. The van der Waals surface area contributed by atoms with E-state index in [0.29, 0.717) is 17.9 Å². The van der Waals surface area contributed by atoms with Gasteiger partial charge >= 0.3 is 5.69 Å². The minimum atomic E-state index is -0.873. The van der Waals surface area contributed by atoms with E-state index in [1.54, 1.807) is 23.1 Å². The van der Waals surface area contributed by atoms with Crippen molar-refractivity contribution in [1.29, 1.82) is 0 Å². The summed E-state index contributed by atoms with van der Waals surface area (Å²) in [6.45, 7) is 3.02. The fraction of sp³-hybridized carbons (Fsp3) is 0.538. The quantitative estimate of drug-likeness (QED) is 0.549. The number of hydrogen-bond donors (Lipinski definition) is 3. The maximum absolute atomic E-state index is 11.3. The summed E-state index contributed by atoms with van der Waals surface area (Å²) in [5.74, 6) is 0. The molecule has 2 atom stereocenters. The first-order chi connectivity index (χ1) is 9.54. The normalized spacial score (nSPS) is 22.1. The second-order valence-corrected chi connectivity index (χ2v) is 4.90. The number of aliphatic hydroxyl groups is 2. The van der Waals surface area contributed by atoms with Gasteiger partial charge in [-0.05, 0) is 18.6 Å². The number of β-amino-alcohol motifs (C(OH)–C–C–N with tert-alkyl or cyclic N) is 2. The average molecular weight is 281 g/mol. The standard InChI is InChI=1S/C13H19N3O4/c1-2-6-14-9-4-3-5-10(13(9)16(19)20)15-7-11(17)12(18)8-15/h3-5,11-12,14,17-18H,2,6-8H2,1H3. The van der Waals surface area contributed by atoms with E-state index in [4.69, 9.17) is 0 Å². The van der Waals surface area contributed by atoms with E-state index in [9.17, 15) is 20.3 Å². The van der Waals surface area contributed by atoms with Crippen molar-refractivity contribution in [1.82, 2.24) is 0 Å². The number of nitrogens with zero attached hydrogens (tertiary/aromatic N) is 2. The summed E-state index contributed by atoms with van der Waals surface area (Å²) >= 11 is 0. The van der Waals surface area contributed by atoms with Gasteiger partial charge < -0.3 is 20.4 Å². The second kappa shape index (κ2) is 6.06. The lowest BCUT2D eigenvalue weighted by Gasteiger charge is -2.19. The molecule has 0 bridgehead atoms. The highest BCUT2D eigenvalue weighted by Gasteiger charge is 2.34. The van der Waals surface area contributed by atoms with Crippen molar-refractivity contribution in [2.24, 2.45) is 0 Å². The maximum Gasteiger partial charge on any atom is 0.315 e. The smallest absolute Gasteiger partial charge is 0.315 e. The minimum Gasteiger partial charge on any atom is -0.389 e. The first kappa shape index (κ1) is 14.5. The Morgan fingerprint density at radius 2 is 2.05 bits per heavy atom. The number of benzene rings is 1. The fourth-order valence-electron chi connectivity index (χ4n) is 2.35. The zero-order chi connectivity index (χ0) is 14.7. The minimum absolute atomic E-state index is 0.0118. The number of para-hydroxylation sites is 1. The molecule has 1 fully saturated rings. The van der Waals surface area contributed by atoms with Crippen molar-refractivity contribution in [3.8, 4) is 0 Å². The number of anilines is 2. The molecule has 0 spiro atoms. The summed E-state index contributed by atoms with van der Waals surface area (Å²) < 4.78 is 0. The van der Waals surface area contributed by atoms with Crippen LogP contribution in [0.2, 0.25) is 0 Å². The Labute approximate surface area is 117 Å². The zero-order valence-corrected chi connectivity index (χ0v) is 11.3. The van der Waals surface area contributed by atoms with Crippen molar-refractivity contribution >= 4 is 17.1 Å². The lowest BCUT2D eigenvalue weighted by Crippen LogP contribution is -2.22. The Balaban J connectivity index is 2.35. The van der Waals surface area contributed by atoms with Gasteiger partial charge in [-0.15, -0.1) is 0 Å². The molecule has 0 amide bonds. The predicted molar refractivity (Wildman–Crippen MR) is 76.1 cm³/mol. The predicted octanol–water partition coefficient (Wildman–Crippen LogP) is 0.958. The van der Waals surface area contributed by atoms with Crippen LogP contribution >= 0.6 is 0 Å². The molecule has 110 valence electrons. The van der Waals surface area contributed by atoms with E-state index in [0.717, 1.165) is 6.42 Å². The average Bonchev–Trinajstić information content (AvgIpc) is 2.75. The Morgan fingerprint density at radius 1 is 1.40 bits per heavy atom. The van der Waals surface area contributed by atoms with Crippen LogP contribution in [0.25, 0.3) is 0 Å². The van der Waals surface area contributed by atoms with Gasteiger partial charge in [0.05, 0.1) is 17.1 Å². The Bertz CT molecular complexity index is 485. The molecule has 2 rings (SSSR count). The van der Waals surface area contributed by atoms with Gasteiger partial charge in [0.15, 0.2) is 0 Å². The molecular weight excluding hydrogens is 262 g/mol. The maximum atomic E-state index is 11.3. The number of aliphatic hydroxyl groups excluding tert-OH is 2. The van der Waals surface area contributed by atoms with Gasteiger partial charge in [0.2, 0.25) is 0 Å². The van der Waals surface area contributed by atoms with E-state index < -0.39 is 17.1 Å². The number of nitrogens with one attached hydrogen (secondary N) is 1. The highest BCUT2D eigenvalue weighted by molar-refractivity contribution is 5.77. The summed E-state index contributed by atoms with van der Waals surface area (Å²) in [5, 5.41) is 33.6. The van der Waals surface area contributed by atoms with Gasteiger partial charge in [0.25, 0.3) is 0 Å². The van der Waals surface area contributed by atoms with Crippen molar-refractivity contribution in [3.63, 3.8) is 0 Å². The van der Waals surface area contributed by atoms with E-state index in [-0.39, 0.29) is 18.8 Å². The molecule has 0 aromatic heterocycles. The van der Waals surface area contributed by atoms with Crippen molar-refractivity contribution in [2.45, 2.75) is 25.6 Å². The molecule has 7 heteroatoms. The van der Waals surface area contributed by atoms with Crippen LogP contribution in [0.5, 0.6) is 0 Å². The Hall–Kier alpha value is -1.86. The molecule has 0 aliphatic carbocycles. The molecule has 0 radical (unpaired) electrons. The van der Waals surface area contributed by atoms with E-state index >= 15 is 0 Å². The molecule has 0 saturated carbocycles. The van der Waals surface area contributed by atoms with Crippen LogP contribution in [-0.2, 0) is 0 Å². The van der Waals surface area contributed by atoms with Gasteiger partial charge in [0, 0.05) is 19.6 Å². The first-order valence-corrected chi connectivity index (χ1v) is 6.67. The summed E-state index contributed by atoms with van der Waals surface area (Å²) in [7, 11) is 0. The van der Waals surface area contributed by atoms with Gasteiger partial charge in [-0.2, -0.15) is 0 Å². The SMILES string of the molecule is CCCNc1cccc(N2CC(O)C(O)C2)c1[N+](=O)[O-]. The molecule has 2 unspecified atom stereocenters. The summed E-state index contributed by atoms with van der Waals surface area (Å²) in [6, 6.07) is 5.04. The molecule has 20 heavy (non-hydrogen) atoms. The van der Waals surface area contributed by atoms with Crippen LogP contribution in [0.4, 0.5) is 17.1 Å². The highest BCUT2D eigenvalue weighted by Crippen LogP contribution is 2.37. The lowest BCUT2D eigenvalue weighted by atomic mass is 10.2. The van der Waals surface area contributed by atoms with Crippen LogP contribution in [0.3, 0.4) is 0 Å². The van der Waals surface area contributed by atoms with Crippen LogP contribution in [0, 0.1) is 10.1 Å². The molecule has 1 aromatic rings. The van der Waals surface area contributed by atoms with E-state index in [2.05, 4.69) is 5.32 Å². The summed E-state index contributed by atoms with van der Waals surface area (Å²) in [4.78, 5) is 12.6. The van der Waals surface area contributed by atoms with Gasteiger partial charge in [-0.25, -0.2) is 0 Å². The zero-order valence-electron chi connectivity index (χ0n) is 11.3. The van der Waals surface area contributed by atoms with Crippen LogP contribution in [0.15, 0.2) is 18.2 Å². The Kier molecular flexibility index (Phi) is 4.41. The second-order valence-electron chi connectivity index (χ2n) is 4.90. The number of rotatable bonds is 5. The lowest BCUT2D eigenvalue weighted by molar-refractivity contribution is -0.383. The molecule has 1 aromatic carbocycles. The van der Waals surface area contributed by atoms with Crippen molar-refractivity contribution < 1.29 is 15.1 Å². The fourth-order valence-corrected chi connectivity index (χ4v) is 2.35. The molecule has 1 heterocycles. The van der Waals surface area contributed by atoms with Crippen molar-refractivity contribution in [3.05, 3.63) is 28.3 Å². The monoisotopic (exact) mass is 281 g/mol. The van der Waals surface area contributed by atoms with Gasteiger partial charge in [-0.1, -0.05) is 13.0 Å². The topological polar surface area (TPSA) is 98.9 Å². The molecule has 1 aliphatic heterocycles. The molecular formula is C13H19N3O4. The molecule has 7 nitrogen and oxygen atoms in total. The van der Waals surface area contributed by atoms with Crippen molar-refractivity contribution in [2.75, 3.05) is 29.9 Å². The highest BCUT2D eigenvalue weighted by atomic mass is 16.6. The van der Waals surface area contributed by atoms with Gasteiger partial charge in [-0.3, -0.25) is 10.1 Å². The number of nitro groups is 1. The van der Waals surface area contributed by atoms with Crippen LogP contribution in [-0.4, -0.2) is 47.0 Å². The van der Waals surface area contributed by atoms with Gasteiger partial charge in [0.1, 0.15) is 11.4 Å². The molecule has 1 aliphatic rings. The van der Waals surface area contributed by atoms with Crippen LogP contribution in [0.1, 0.15) is 13.3 Å². The molecule has 1 saturated heterocycles. The van der Waals surface area contributed by atoms with E-state index in [1.807, 2.05) is 6.92 Å². The number of nitro benzene ring substituents is 1. The third kappa shape index (κ3) is 2.83. The summed E-state index contributed by atoms with van der Waals surface area (Å²) in [6.07, 6.45) is -0.883.